The first-order chi connectivity index (χ1) is 17.1. The minimum absolute atomic E-state index is 0.193. The number of rotatable bonds is 6. The maximum Gasteiger partial charge on any atom is 0.344 e. The monoisotopic (exact) mass is 467 g/mol. The van der Waals surface area contributed by atoms with E-state index in [0.717, 1.165) is 5.39 Å². The summed E-state index contributed by atoms with van der Waals surface area (Å²) in [5.41, 5.74) is 2.86. The normalized spacial score (nSPS) is 10.9. The molecule has 1 amide bonds. The molecule has 0 aliphatic rings. The molecular weight excluding hydrogens is 446 g/mol. The topological polar surface area (TPSA) is 102 Å². The largest absolute Gasteiger partial charge is 0.496 e. The molecular formula is C28H21NO6. The lowest BCUT2D eigenvalue weighted by molar-refractivity contribution is 0.102. The molecule has 0 unspecified atom stereocenters. The van der Waals surface area contributed by atoms with Gasteiger partial charge >= 0.3 is 5.63 Å². The van der Waals surface area contributed by atoms with Crippen molar-refractivity contribution in [3.63, 3.8) is 0 Å². The SMILES string of the molecule is COc1cc(NC(=O)c2ccc(-c3cc4ccccc4oc3=O)cc2)ccc1-c1ccc(CO)o1. The minimum atomic E-state index is -0.434. The summed E-state index contributed by atoms with van der Waals surface area (Å²) in [6.07, 6.45) is 0. The van der Waals surface area contributed by atoms with Crippen LogP contribution in [-0.2, 0) is 6.61 Å². The third kappa shape index (κ3) is 4.45. The molecule has 7 heteroatoms. The van der Waals surface area contributed by atoms with Crippen molar-refractivity contribution in [2.75, 3.05) is 12.4 Å². The van der Waals surface area contributed by atoms with E-state index >= 15 is 0 Å². The second-order valence-electron chi connectivity index (χ2n) is 7.86. The number of methoxy groups -OCH3 is 1. The zero-order valence-corrected chi connectivity index (χ0v) is 18.8. The molecule has 0 saturated carbocycles. The molecule has 0 spiro atoms. The number of ether oxygens (including phenoxy) is 1. The van der Waals surface area contributed by atoms with E-state index in [2.05, 4.69) is 5.32 Å². The van der Waals surface area contributed by atoms with E-state index in [1.165, 1.54) is 7.11 Å². The van der Waals surface area contributed by atoms with Crippen molar-refractivity contribution in [3.05, 3.63) is 107 Å². The maximum absolute atomic E-state index is 12.8. The molecule has 2 heterocycles. The van der Waals surface area contributed by atoms with Crippen LogP contribution in [0, 0.1) is 0 Å². The Morgan fingerprint density at radius 1 is 0.914 bits per heavy atom. The molecule has 0 atom stereocenters. The van der Waals surface area contributed by atoms with Crippen LogP contribution in [0.5, 0.6) is 5.75 Å². The molecule has 2 aromatic heterocycles. The van der Waals surface area contributed by atoms with Crippen molar-refractivity contribution in [2.24, 2.45) is 0 Å². The average molecular weight is 467 g/mol. The summed E-state index contributed by atoms with van der Waals surface area (Å²) < 4.78 is 16.5. The molecule has 5 aromatic rings. The molecule has 174 valence electrons. The van der Waals surface area contributed by atoms with Crippen molar-refractivity contribution >= 4 is 22.6 Å². The van der Waals surface area contributed by atoms with Gasteiger partial charge in [0.1, 0.15) is 29.5 Å². The molecule has 0 saturated heterocycles. The van der Waals surface area contributed by atoms with Crippen LogP contribution in [0.2, 0.25) is 0 Å². The molecule has 5 rings (SSSR count). The fraction of sp³-hybridized carbons (Fsp3) is 0.0714. The Morgan fingerprint density at radius 2 is 1.71 bits per heavy atom. The smallest absolute Gasteiger partial charge is 0.344 e. The van der Waals surface area contributed by atoms with E-state index in [-0.39, 0.29) is 12.5 Å². The van der Waals surface area contributed by atoms with Crippen LogP contribution in [0.25, 0.3) is 33.4 Å². The predicted octanol–water partition coefficient (Wildman–Crippen LogP) is 5.47. The lowest BCUT2D eigenvalue weighted by Gasteiger charge is -2.11. The maximum atomic E-state index is 12.8. The highest BCUT2D eigenvalue weighted by Crippen LogP contribution is 2.34. The standard InChI is InChI=1S/C28H21NO6/c1-33-26-15-20(10-12-22(26)25-13-11-21(16-30)34-25)29-27(31)18-8-6-17(7-9-18)23-14-19-4-2-3-5-24(19)35-28(23)32/h2-15,30H,16H2,1H3,(H,29,31). The number of para-hydroxylation sites is 1. The number of hydrogen-bond acceptors (Lipinski definition) is 6. The molecule has 0 radical (unpaired) electrons. The number of carbonyl (C=O) groups is 1. The Hall–Kier alpha value is -4.62. The van der Waals surface area contributed by atoms with Gasteiger partial charge in [0, 0.05) is 22.7 Å². The Balaban J connectivity index is 1.36. The van der Waals surface area contributed by atoms with Crippen molar-refractivity contribution < 1.29 is 23.5 Å². The second kappa shape index (κ2) is 9.32. The summed E-state index contributed by atoms with van der Waals surface area (Å²) in [5.74, 6) is 1.21. The highest BCUT2D eigenvalue weighted by atomic mass is 16.5. The summed E-state index contributed by atoms with van der Waals surface area (Å²) in [6.45, 7) is -0.193. The molecule has 0 bridgehead atoms. The number of aliphatic hydroxyl groups excluding tert-OH is 1. The summed E-state index contributed by atoms with van der Waals surface area (Å²) >= 11 is 0. The zero-order valence-electron chi connectivity index (χ0n) is 18.8. The molecule has 0 fully saturated rings. The Labute approximate surface area is 200 Å². The number of nitrogens with one attached hydrogen (secondary N) is 1. The van der Waals surface area contributed by atoms with E-state index < -0.39 is 5.63 Å². The molecule has 0 aliphatic carbocycles. The van der Waals surface area contributed by atoms with E-state index in [1.54, 1.807) is 66.7 Å². The van der Waals surface area contributed by atoms with Crippen LogP contribution in [0.15, 0.2) is 98.6 Å². The highest BCUT2D eigenvalue weighted by molar-refractivity contribution is 6.04. The van der Waals surface area contributed by atoms with E-state index in [9.17, 15) is 14.7 Å². The summed E-state index contributed by atoms with van der Waals surface area (Å²) in [7, 11) is 1.53. The van der Waals surface area contributed by atoms with Gasteiger partial charge in [-0.2, -0.15) is 0 Å². The first kappa shape index (κ1) is 22.2. The number of benzene rings is 3. The van der Waals surface area contributed by atoms with Crippen molar-refractivity contribution in [1.82, 2.24) is 0 Å². The lowest BCUT2D eigenvalue weighted by atomic mass is 10.0. The van der Waals surface area contributed by atoms with Crippen LogP contribution in [0.4, 0.5) is 5.69 Å². The summed E-state index contributed by atoms with van der Waals surface area (Å²) in [5, 5.41) is 12.9. The predicted molar refractivity (Wildman–Crippen MR) is 132 cm³/mol. The number of amides is 1. The van der Waals surface area contributed by atoms with E-state index in [4.69, 9.17) is 13.6 Å². The van der Waals surface area contributed by atoms with E-state index in [0.29, 0.717) is 50.8 Å². The zero-order chi connectivity index (χ0) is 24.4. The summed E-state index contributed by atoms with van der Waals surface area (Å²) in [6, 6.07) is 24.5. The van der Waals surface area contributed by atoms with Gasteiger partial charge in [0.15, 0.2) is 0 Å². The van der Waals surface area contributed by atoms with E-state index in [1.807, 2.05) is 18.2 Å². The van der Waals surface area contributed by atoms with Crippen LogP contribution in [0.1, 0.15) is 16.1 Å². The number of furan rings is 1. The number of hydrogen-bond donors (Lipinski definition) is 2. The van der Waals surface area contributed by atoms with Crippen molar-refractivity contribution in [3.8, 4) is 28.2 Å². The average Bonchev–Trinajstić information content (AvgIpc) is 3.37. The van der Waals surface area contributed by atoms with Gasteiger partial charge in [-0.15, -0.1) is 0 Å². The third-order valence-corrected chi connectivity index (χ3v) is 5.64. The van der Waals surface area contributed by atoms with Gasteiger partial charge in [0.2, 0.25) is 0 Å². The molecule has 35 heavy (non-hydrogen) atoms. The Bertz CT molecular complexity index is 1580. The lowest BCUT2D eigenvalue weighted by Crippen LogP contribution is -2.12. The number of fused-ring (bicyclic) bond motifs is 1. The van der Waals surface area contributed by atoms with Gasteiger partial charge in [-0.1, -0.05) is 30.3 Å². The van der Waals surface area contributed by atoms with Crippen LogP contribution >= 0.6 is 0 Å². The van der Waals surface area contributed by atoms with Gasteiger partial charge in [-0.25, -0.2) is 4.79 Å². The highest BCUT2D eigenvalue weighted by Gasteiger charge is 2.14. The fourth-order valence-electron chi connectivity index (χ4n) is 3.85. The van der Waals surface area contributed by atoms with Crippen LogP contribution in [-0.4, -0.2) is 18.1 Å². The van der Waals surface area contributed by atoms with Gasteiger partial charge in [-0.3, -0.25) is 4.79 Å². The van der Waals surface area contributed by atoms with Gasteiger partial charge in [0.05, 0.1) is 18.2 Å². The van der Waals surface area contributed by atoms with Gasteiger partial charge < -0.3 is 24.0 Å². The second-order valence-corrected chi connectivity index (χ2v) is 7.86. The number of anilines is 1. The minimum Gasteiger partial charge on any atom is -0.496 e. The first-order valence-electron chi connectivity index (χ1n) is 10.9. The molecule has 7 nitrogen and oxygen atoms in total. The quantitative estimate of drug-likeness (QED) is 0.321. The van der Waals surface area contributed by atoms with Gasteiger partial charge in [0.25, 0.3) is 5.91 Å². The number of carbonyl (C=O) groups excluding carboxylic acids is 1. The van der Waals surface area contributed by atoms with Crippen molar-refractivity contribution in [1.29, 1.82) is 0 Å². The third-order valence-electron chi connectivity index (χ3n) is 5.64. The van der Waals surface area contributed by atoms with Crippen molar-refractivity contribution in [2.45, 2.75) is 6.61 Å². The molecule has 3 aromatic carbocycles. The summed E-state index contributed by atoms with van der Waals surface area (Å²) in [4.78, 5) is 25.2. The van der Waals surface area contributed by atoms with Crippen LogP contribution in [0.3, 0.4) is 0 Å². The Morgan fingerprint density at radius 3 is 2.46 bits per heavy atom. The first-order valence-corrected chi connectivity index (χ1v) is 10.9. The van der Waals surface area contributed by atoms with Crippen LogP contribution < -0.4 is 15.7 Å². The fourth-order valence-corrected chi connectivity index (χ4v) is 3.85. The Kier molecular flexibility index (Phi) is 5.91. The molecule has 2 N–H and O–H groups in total. The van der Waals surface area contributed by atoms with Gasteiger partial charge in [-0.05, 0) is 54.1 Å². The molecule has 0 aliphatic heterocycles. The number of aliphatic hydroxyl groups is 1.